The van der Waals surface area contributed by atoms with Crippen LogP contribution in [0.2, 0.25) is 5.02 Å². The molecule has 6 nitrogen and oxygen atoms in total. The lowest BCUT2D eigenvalue weighted by Crippen LogP contribution is -2.40. The van der Waals surface area contributed by atoms with Crippen molar-refractivity contribution in [1.82, 2.24) is 4.57 Å². The quantitative estimate of drug-likeness (QED) is 0.256. The molecule has 0 aliphatic carbocycles. The summed E-state index contributed by atoms with van der Waals surface area (Å²) >= 11 is 7.42. The van der Waals surface area contributed by atoms with Crippen LogP contribution < -0.4 is 14.9 Å². The van der Waals surface area contributed by atoms with Crippen LogP contribution in [0, 0.1) is 0 Å². The van der Waals surface area contributed by atoms with Crippen LogP contribution in [0.25, 0.3) is 11.8 Å². The topological polar surface area (TPSA) is 80.9 Å². The first-order valence-electron chi connectivity index (χ1n) is 12.4. The van der Waals surface area contributed by atoms with Gasteiger partial charge in [0.05, 0.1) is 28.5 Å². The SMILES string of the molecule is C=CCc1cc(/C=c2/sc3n(c2=O)[C@H](c2ccc(Cl)cc2)C(C(=O)OCC)=C(c2ccccc2)N=3)ccc1O. The molecular formula is C31H25ClN2O4S. The maximum absolute atomic E-state index is 13.9. The van der Waals surface area contributed by atoms with Crippen LogP contribution in [0.5, 0.6) is 5.75 Å². The van der Waals surface area contributed by atoms with Gasteiger partial charge >= 0.3 is 5.97 Å². The van der Waals surface area contributed by atoms with Crippen molar-refractivity contribution in [3.05, 3.63) is 138 Å². The van der Waals surface area contributed by atoms with Gasteiger partial charge in [-0.05, 0) is 60.4 Å². The number of aromatic nitrogens is 1. The molecule has 0 unspecified atom stereocenters. The number of phenols is 1. The predicted octanol–water partition coefficient (Wildman–Crippen LogP) is 5.02. The van der Waals surface area contributed by atoms with Gasteiger partial charge in [-0.3, -0.25) is 9.36 Å². The molecule has 5 rings (SSSR count). The molecule has 196 valence electrons. The standard InChI is InChI=1S/C31H25ClN2O4S/c1-3-8-22-17-19(11-16-24(22)35)18-25-29(36)34-28(21-12-14-23(32)15-13-21)26(30(37)38-4-2)27(33-31(34)39-25)20-9-6-5-7-10-20/h3,5-7,9-18,28,35H,1,4,8H2,2H3/b25-18+/t28-/m1/s1. The van der Waals surface area contributed by atoms with Crippen LogP contribution in [-0.2, 0) is 16.0 Å². The third kappa shape index (κ3) is 5.24. The average Bonchev–Trinajstić information content (AvgIpc) is 3.25. The number of nitrogens with zero attached hydrogens (tertiary/aromatic N) is 2. The highest BCUT2D eigenvalue weighted by atomic mass is 35.5. The van der Waals surface area contributed by atoms with E-state index < -0.39 is 12.0 Å². The molecule has 1 aliphatic heterocycles. The lowest BCUT2D eigenvalue weighted by atomic mass is 9.93. The Hall–Kier alpha value is -4.20. The maximum atomic E-state index is 13.9. The Labute approximate surface area is 234 Å². The summed E-state index contributed by atoms with van der Waals surface area (Å²) in [4.78, 5) is 32.7. The summed E-state index contributed by atoms with van der Waals surface area (Å²) in [7, 11) is 0. The molecular weight excluding hydrogens is 532 g/mol. The number of allylic oxidation sites excluding steroid dienone is 1. The third-order valence-corrected chi connectivity index (χ3v) is 7.56. The van der Waals surface area contributed by atoms with Gasteiger partial charge in [0.2, 0.25) is 0 Å². The summed E-state index contributed by atoms with van der Waals surface area (Å²) < 4.78 is 7.47. The maximum Gasteiger partial charge on any atom is 0.338 e. The normalized spacial score (nSPS) is 15.0. The minimum Gasteiger partial charge on any atom is -0.508 e. The van der Waals surface area contributed by atoms with E-state index in [1.165, 1.54) is 11.3 Å². The summed E-state index contributed by atoms with van der Waals surface area (Å²) in [6.45, 7) is 5.66. The van der Waals surface area contributed by atoms with Crippen molar-refractivity contribution in [1.29, 1.82) is 0 Å². The van der Waals surface area contributed by atoms with Crippen LogP contribution in [0.15, 0.2) is 101 Å². The molecule has 0 radical (unpaired) electrons. The summed E-state index contributed by atoms with van der Waals surface area (Å²) in [6, 6.07) is 20.9. The number of hydrogen-bond acceptors (Lipinski definition) is 6. The summed E-state index contributed by atoms with van der Waals surface area (Å²) in [5.41, 5.74) is 3.36. The molecule has 0 saturated heterocycles. The predicted molar refractivity (Wildman–Crippen MR) is 155 cm³/mol. The van der Waals surface area contributed by atoms with E-state index in [1.807, 2.05) is 36.4 Å². The van der Waals surface area contributed by atoms with E-state index >= 15 is 0 Å². The fourth-order valence-electron chi connectivity index (χ4n) is 4.57. The van der Waals surface area contributed by atoms with E-state index in [0.717, 1.165) is 11.1 Å². The summed E-state index contributed by atoms with van der Waals surface area (Å²) in [5, 5.41) is 10.7. The molecule has 1 aromatic heterocycles. The van der Waals surface area contributed by atoms with Crippen molar-refractivity contribution >= 4 is 40.7 Å². The summed E-state index contributed by atoms with van der Waals surface area (Å²) in [5.74, 6) is -0.371. The first-order chi connectivity index (χ1) is 18.9. The minimum atomic E-state index is -0.772. The molecule has 3 aromatic carbocycles. The molecule has 0 saturated carbocycles. The smallest absolute Gasteiger partial charge is 0.338 e. The number of rotatable bonds is 7. The molecule has 1 atom stereocenters. The van der Waals surface area contributed by atoms with E-state index in [0.29, 0.717) is 37.6 Å². The fourth-order valence-corrected chi connectivity index (χ4v) is 5.69. The molecule has 0 bridgehead atoms. The van der Waals surface area contributed by atoms with Gasteiger partial charge in [0, 0.05) is 10.6 Å². The molecule has 0 amide bonds. The monoisotopic (exact) mass is 556 g/mol. The zero-order chi connectivity index (χ0) is 27.5. The van der Waals surface area contributed by atoms with Gasteiger partial charge in [-0.25, -0.2) is 9.79 Å². The molecule has 1 aliphatic rings. The number of thiazole rings is 1. The number of phenolic OH excluding ortho intramolecular Hbond substituents is 1. The second-order valence-electron chi connectivity index (χ2n) is 8.86. The van der Waals surface area contributed by atoms with E-state index in [9.17, 15) is 14.7 Å². The highest BCUT2D eigenvalue weighted by Crippen LogP contribution is 2.35. The van der Waals surface area contributed by atoms with Gasteiger partial charge in [0.25, 0.3) is 5.56 Å². The van der Waals surface area contributed by atoms with Crippen molar-refractivity contribution < 1.29 is 14.6 Å². The van der Waals surface area contributed by atoms with Crippen molar-refractivity contribution in [2.24, 2.45) is 4.99 Å². The average molecular weight is 557 g/mol. The molecule has 1 N–H and O–H groups in total. The van der Waals surface area contributed by atoms with Crippen LogP contribution in [0.1, 0.15) is 35.2 Å². The Morgan fingerprint density at radius 3 is 2.59 bits per heavy atom. The number of benzene rings is 3. The highest BCUT2D eigenvalue weighted by molar-refractivity contribution is 7.07. The van der Waals surface area contributed by atoms with Crippen LogP contribution in [0.4, 0.5) is 0 Å². The Morgan fingerprint density at radius 2 is 1.90 bits per heavy atom. The first kappa shape index (κ1) is 26.4. The highest BCUT2D eigenvalue weighted by Gasteiger charge is 2.35. The van der Waals surface area contributed by atoms with Crippen LogP contribution >= 0.6 is 22.9 Å². The van der Waals surface area contributed by atoms with E-state index in [4.69, 9.17) is 21.3 Å². The minimum absolute atomic E-state index is 0.169. The van der Waals surface area contributed by atoms with Crippen LogP contribution in [-0.4, -0.2) is 22.2 Å². The Kier molecular flexibility index (Phi) is 7.63. The van der Waals surface area contributed by atoms with Gasteiger partial charge in [-0.2, -0.15) is 0 Å². The molecule has 0 fully saturated rings. The van der Waals surface area contributed by atoms with Crippen molar-refractivity contribution in [2.75, 3.05) is 6.61 Å². The number of hydrogen-bond donors (Lipinski definition) is 1. The lowest BCUT2D eigenvalue weighted by Gasteiger charge is -2.25. The molecule has 0 spiro atoms. The molecule has 39 heavy (non-hydrogen) atoms. The second kappa shape index (κ2) is 11.3. The van der Waals surface area contributed by atoms with Gasteiger partial charge < -0.3 is 9.84 Å². The third-order valence-electron chi connectivity index (χ3n) is 6.32. The number of aromatic hydroxyl groups is 1. The Balaban J connectivity index is 1.80. The number of esters is 1. The number of fused-ring (bicyclic) bond motifs is 1. The Morgan fingerprint density at radius 1 is 1.15 bits per heavy atom. The zero-order valence-corrected chi connectivity index (χ0v) is 22.7. The first-order valence-corrected chi connectivity index (χ1v) is 13.6. The van der Waals surface area contributed by atoms with Crippen molar-refractivity contribution in [3.63, 3.8) is 0 Å². The van der Waals surface area contributed by atoms with E-state index in [-0.39, 0.29) is 23.5 Å². The number of halogens is 1. The van der Waals surface area contributed by atoms with Gasteiger partial charge in [0.1, 0.15) is 5.75 Å². The number of ether oxygens (including phenoxy) is 1. The van der Waals surface area contributed by atoms with Crippen LogP contribution in [0.3, 0.4) is 0 Å². The lowest BCUT2D eigenvalue weighted by molar-refractivity contribution is -0.138. The fraction of sp³-hybridized carbons (Fsp3) is 0.129. The van der Waals surface area contributed by atoms with Gasteiger partial charge in [-0.15, -0.1) is 6.58 Å². The Bertz CT molecular complexity index is 1770. The number of carbonyl (C=O) groups is 1. The molecule has 4 aromatic rings. The van der Waals surface area contributed by atoms with Crippen molar-refractivity contribution in [2.45, 2.75) is 19.4 Å². The second-order valence-corrected chi connectivity index (χ2v) is 10.3. The van der Waals surface area contributed by atoms with Gasteiger partial charge in [-0.1, -0.05) is 77.5 Å². The molecule has 8 heteroatoms. The molecule has 2 heterocycles. The number of carbonyl (C=O) groups excluding carboxylic acids is 1. The zero-order valence-electron chi connectivity index (χ0n) is 21.1. The van der Waals surface area contributed by atoms with Crippen molar-refractivity contribution in [3.8, 4) is 5.75 Å². The largest absolute Gasteiger partial charge is 0.508 e. The van der Waals surface area contributed by atoms with E-state index in [1.54, 1.807) is 60.0 Å². The van der Waals surface area contributed by atoms with Gasteiger partial charge in [0.15, 0.2) is 4.80 Å². The van der Waals surface area contributed by atoms with E-state index in [2.05, 4.69) is 6.58 Å². The summed E-state index contributed by atoms with van der Waals surface area (Å²) in [6.07, 6.45) is 3.97.